The van der Waals surface area contributed by atoms with E-state index in [-0.39, 0.29) is 0 Å². The van der Waals surface area contributed by atoms with E-state index in [1.54, 1.807) is 0 Å². The van der Waals surface area contributed by atoms with E-state index in [9.17, 15) is 0 Å². The zero-order valence-electron chi connectivity index (χ0n) is 13.0. The van der Waals surface area contributed by atoms with Crippen LogP contribution in [0.25, 0.3) is 0 Å². The van der Waals surface area contributed by atoms with Gasteiger partial charge in [-0.3, -0.25) is 4.90 Å². The van der Waals surface area contributed by atoms with Crippen LogP contribution in [-0.2, 0) is 4.74 Å². The number of ether oxygens (including phenoxy) is 1. The summed E-state index contributed by atoms with van der Waals surface area (Å²) in [5.41, 5.74) is 0. The van der Waals surface area contributed by atoms with Crippen molar-refractivity contribution in [2.75, 3.05) is 33.9 Å². The number of hydrogen-bond donors (Lipinski definition) is 1. The topological polar surface area (TPSA) is 24.5 Å². The first-order valence-electron chi connectivity index (χ1n) is 8.16. The zero-order chi connectivity index (χ0) is 13.7. The summed E-state index contributed by atoms with van der Waals surface area (Å²) in [5, 5.41) is 3.50. The van der Waals surface area contributed by atoms with Gasteiger partial charge in [-0.05, 0) is 64.5 Å². The third-order valence-electron chi connectivity index (χ3n) is 5.28. The minimum absolute atomic E-state index is 0.754. The third-order valence-corrected chi connectivity index (χ3v) is 5.28. The Morgan fingerprint density at radius 2 is 2.00 bits per heavy atom. The first kappa shape index (κ1) is 15.3. The normalized spacial score (nSPS) is 29.1. The zero-order valence-corrected chi connectivity index (χ0v) is 13.0. The molecule has 1 N–H and O–H groups in total. The Bertz CT molecular complexity index is 255. The molecule has 0 amide bonds. The van der Waals surface area contributed by atoms with E-state index < -0.39 is 0 Å². The van der Waals surface area contributed by atoms with Crippen molar-refractivity contribution in [2.45, 2.75) is 57.5 Å². The van der Waals surface area contributed by atoms with Crippen LogP contribution in [0.3, 0.4) is 0 Å². The van der Waals surface area contributed by atoms with Crippen molar-refractivity contribution in [1.29, 1.82) is 0 Å². The van der Waals surface area contributed by atoms with Crippen molar-refractivity contribution in [2.24, 2.45) is 11.8 Å². The van der Waals surface area contributed by atoms with E-state index in [1.807, 2.05) is 7.11 Å². The quantitative estimate of drug-likeness (QED) is 0.695. The van der Waals surface area contributed by atoms with Crippen molar-refractivity contribution in [3.8, 4) is 0 Å². The monoisotopic (exact) mass is 268 g/mol. The lowest BCUT2D eigenvalue weighted by molar-refractivity contribution is 0.110. The molecule has 0 bridgehead atoms. The van der Waals surface area contributed by atoms with Crippen LogP contribution in [0.15, 0.2) is 0 Å². The van der Waals surface area contributed by atoms with Crippen molar-refractivity contribution >= 4 is 0 Å². The largest absolute Gasteiger partial charge is 0.383 e. The van der Waals surface area contributed by atoms with E-state index in [2.05, 4.69) is 24.2 Å². The first-order valence-corrected chi connectivity index (χ1v) is 8.16. The summed E-state index contributed by atoms with van der Waals surface area (Å²) in [4.78, 5) is 2.67. The predicted octanol–water partition coefficient (Wildman–Crippen LogP) is 2.51. The average molecular weight is 268 g/mol. The second kappa shape index (κ2) is 7.61. The summed E-state index contributed by atoms with van der Waals surface area (Å²) in [6.45, 7) is 5.64. The fraction of sp³-hybridized carbons (Fsp3) is 1.00. The lowest BCUT2D eigenvalue weighted by Gasteiger charge is -2.31. The number of nitrogens with zero attached hydrogens (tertiary/aromatic N) is 1. The Morgan fingerprint density at radius 3 is 2.63 bits per heavy atom. The highest BCUT2D eigenvalue weighted by Crippen LogP contribution is 2.36. The number of nitrogens with one attached hydrogen (secondary N) is 1. The van der Waals surface area contributed by atoms with Gasteiger partial charge in [-0.15, -0.1) is 0 Å². The van der Waals surface area contributed by atoms with Crippen LogP contribution < -0.4 is 5.32 Å². The van der Waals surface area contributed by atoms with Gasteiger partial charge >= 0.3 is 0 Å². The lowest BCUT2D eigenvalue weighted by atomic mass is 9.98. The molecule has 0 radical (unpaired) electrons. The second-order valence-electron chi connectivity index (χ2n) is 6.48. The third kappa shape index (κ3) is 4.44. The average Bonchev–Trinajstić information content (AvgIpc) is 3.18. The van der Waals surface area contributed by atoms with Gasteiger partial charge in [0.2, 0.25) is 0 Å². The summed E-state index contributed by atoms with van der Waals surface area (Å²) in [6.07, 6.45) is 8.43. The van der Waals surface area contributed by atoms with E-state index in [0.29, 0.717) is 0 Å². The Morgan fingerprint density at radius 1 is 1.21 bits per heavy atom. The summed E-state index contributed by atoms with van der Waals surface area (Å²) in [7, 11) is 3.94. The summed E-state index contributed by atoms with van der Waals surface area (Å²) in [5.74, 6) is 1.85. The fourth-order valence-electron chi connectivity index (χ4n) is 3.70. The maximum absolute atomic E-state index is 5.28. The van der Waals surface area contributed by atoms with Crippen LogP contribution in [0.5, 0.6) is 0 Å². The minimum atomic E-state index is 0.754. The molecule has 3 unspecified atom stereocenters. The highest BCUT2D eigenvalue weighted by atomic mass is 16.5. The predicted molar refractivity (Wildman–Crippen MR) is 80.4 cm³/mol. The van der Waals surface area contributed by atoms with Gasteiger partial charge in [0.25, 0.3) is 0 Å². The van der Waals surface area contributed by atoms with Crippen LogP contribution in [0.2, 0.25) is 0 Å². The maximum atomic E-state index is 5.28. The Labute approximate surface area is 119 Å². The van der Waals surface area contributed by atoms with E-state index in [1.165, 1.54) is 45.1 Å². The Balaban J connectivity index is 1.77. The van der Waals surface area contributed by atoms with Crippen LogP contribution in [-0.4, -0.2) is 50.8 Å². The van der Waals surface area contributed by atoms with Gasteiger partial charge in [0.1, 0.15) is 0 Å². The Kier molecular flexibility index (Phi) is 6.11. The van der Waals surface area contributed by atoms with Crippen molar-refractivity contribution in [3.63, 3.8) is 0 Å². The van der Waals surface area contributed by atoms with Gasteiger partial charge in [0, 0.05) is 25.7 Å². The van der Waals surface area contributed by atoms with Gasteiger partial charge in [0.05, 0.1) is 6.61 Å². The molecular weight excluding hydrogens is 236 g/mol. The lowest BCUT2D eigenvalue weighted by Crippen LogP contribution is -2.40. The van der Waals surface area contributed by atoms with E-state index >= 15 is 0 Å². The molecule has 0 saturated heterocycles. The second-order valence-corrected chi connectivity index (χ2v) is 6.48. The number of hydrogen-bond acceptors (Lipinski definition) is 3. The molecular formula is C16H32N2O. The molecule has 0 aromatic carbocycles. The van der Waals surface area contributed by atoms with Crippen LogP contribution in [0.4, 0.5) is 0 Å². The molecule has 2 fully saturated rings. The molecule has 3 nitrogen and oxygen atoms in total. The minimum Gasteiger partial charge on any atom is -0.383 e. The summed E-state index contributed by atoms with van der Waals surface area (Å²) < 4.78 is 5.28. The molecule has 0 aromatic heterocycles. The van der Waals surface area contributed by atoms with E-state index in [4.69, 9.17) is 4.74 Å². The smallest absolute Gasteiger partial charge is 0.0589 e. The van der Waals surface area contributed by atoms with Gasteiger partial charge in [0.15, 0.2) is 0 Å². The first-order chi connectivity index (χ1) is 9.26. The maximum Gasteiger partial charge on any atom is 0.0589 e. The van der Waals surface area contributed by atoms with Crippen molar-refractivity contribution in [1.82, 2.24) is 10.2 Å². The molecule has 2 rings (SSSR count). The molecule has 3 heteroatoms. The van der Waals surface area contributed by atoms with Crippen molar-refractivity contribution in [3.05, 3.63) is 0 Å². The summed E-state index contributed by atoms with van der Waals surface area (Å²) >= 11 is 0. The van der Waals surface area contributed by atoms with Crippen LogP contribution in [0, 0.1) is 11.8 Å². The molecule has 2 aliphatic rings. The highest BCUT2D eigenvalue weighted by molar-refractivity contribution is 4.87. The highest BCUT2D eigenvalue weighted by Gasteiger charge is 2.33. The van der Waals surface area contributed by atoms with E-state index in [0.717, 1.165) is 37.1 Å². The van der Waals surface area contributed by atoms with Gasteiger partial charge < -0.3 is 10.1 Å². The molecule has 0 heterocycles. The molecule has 2 saturated carbocycles. The Hall–Kier alpha value is -0.120. The molecule has 0 spiro atoms. The molecule has 2 aliphatic carbocycles. The number of methoxy groups -OCH3 is 1. The SMILES string of the molecule is CNC1CCCC1CCN(CCOC)C(C)C1CC1. The van der Waals surface area contributed by atoms with Gasteiger partial charge in [-0.1, -0.05) is 6.42 Å². The molecule has 0 aliphatic heterocycles. The molecule has 0 aromatic rings. The van der Waals surface area contributed by atoms with Gasteiger partial charge in [-0.2, -0.15) is 0 Å². The van der Waals surface area contributed by atoms with Crippen molar-refractivity contribution < 1.29 is 4.74 Å². The number of rotatable bonds is 9. The summed E-state index contributed by atoms with van der Waals surface area (Å²) in [6, 6.07) is 1.52. The fourth-order valence-corrected chi connectivity index (χ4v) is 3.70. The molecule has 19 heavy (non-hydrogen) atoms. The molecule has 3 atom stereocenters. The van der Waals surface area contributed by atoms with Crippen LogP contribution >= 0.6 is 0 Å². The standard InChI is InChI=1S/C16H32N2O/c1-13(14-7-8-14)18(11-12-19-3)10-9-15-5-4-6-16(15)17-2/h13-17H,4-12H2,1-3H3. The van der Waals surface area contributed by atoms with Crippen LogP contribution in [0.1, 0.15) is 45.4 Å². The van der Waals surface area contributed by atoms with Gasteiger partial charge in [-0.25, -0.2) is 0 Å². The molecule has 112 valence electrons.